The lowest BCUT2D eigenvalue weighted by atomic mass is 9.95. The van der Waals surface area contributed by atoms with E-state index in [9.17, 15) is 9.18 Å². The molecule has 4 aromatic rings. The third-order valence-electron chi connectivity index (χ3n) is 9.95. The Morgan fingerprint density at radius 2 is 1.95 bits per heavy atom. The molecule has 1 atom stereocenters. The Morgan fingerprint density at radius 1 is 1.16 bits per heavy atom. The van der Waals surface area contributed by atoms with Gasteiger partial charge in [0.15, 0.2) is 5.82 Å². The number of nitrogens with zero attached hydrogens (tertiary/aromatic N) is 6. The minimum Gasteiger partial charge on any atom is -0.461 e. The molecule has 7 rings (SSSR count). The Labute approximate surface area is 255 Å². The molecule has 0 saturated carbocycles. The van der Waals surface area contributed by atoms with Crippen molar-refractivity contribution < 1.29 is 18.3 Å². The van der Waals surface area contributed by atoms with Crippen LogP contribution < -0.4 is 9.64 Å². The van der Waals surface area contributed by atoms with Crippen molar-refractivity contribution in [2.45, 2.75) is 50.6 Å². The van der Waals surface area contributed by atoms with Crippen molar-refractivity contribution in [1.82, 2.24) is 24.8 Å². The van der Waals surface area contributed by atoms with Gasteiger partial charge in [-0.3, -0.25) is 14.7 Å². The van der Waals surface area contributed by atoms with Crippen molar-refractivity contribution in [3.8, 4) is 17.3 Å². The Morgan fingerprint density at radius 3 is 2.73 bits per heavy atom. The van der Waals surface area contributed by atoms with Crippen molar-refractivity contribution in [2.24, 2.45) is 0 Å². The second-order valence-electron chi connectivity index (χ2n) is 12.3. The molecule has 10 heteroatoms. The maximum atomic E-state index is 16.7. The molecule has 0 radical (unpaired) electrons. The molecule has 0 bridgehead atoms. The fourth-order valence-electron chi connectivity index (χ4n) is 7.50. The number of aromatic nitrogens is 3. The van der Waals surface area contributed by atoms with Gasteiger partial charge >= 0.3 is 6.01 Å². The average Bonchev–Trinajstić information content (AvgIpc) is 3.78. The van der Waals surface area contributed by atoms with Gasteiger partial charge in [-0.1, -0.05) is 30.8 Å². The smallest absolute Gasteiger partial charge is 0.319 e. The lowest BCUT2D eigenvalue weighted by molar-refractivity contribution is -0.125. The van der Waals surface area contributed by atoms with E-state index in [4.69, 9.17) is 9.72 Å². The van der Waals surface area contributed by atoms with Crippen molar-refractivity contribution in [3.05, 3.63) is 66.4 Å². The number of hydrogen-bond acceptors (Lipinski definition) is 7. The number of anilines is 1. The van der Waals surface area contributed by atoms with Gasteiger partial charge in [0.05, 0.1) is 10.9 Å². The number of benzene rings is 2. The van der Waals surface area contributed by atoms with Crippen LogP contribution in [0.5, 0.6) is 6.01 Å². The maximum Gasteiger partial charge on any atom is 0.319 e. The molecule has 1 amide bonds. The Hall–Kier alpha value is -4.18. The second-order valence-corrected chi connectivity index (χ2v) is 12.3. The van der Waals surface area contributed by atoms with Crippen LogP contribution >= 0.6 is 0 Å². The summed E-state index contributed by atoms with van der Waals surface area (Å²) in [5.74, 6) is -0.598. The number of halogens is 2. The molecule has 0 aliphatic carbocycles. The number of amides is 1. The molecular formula is C34H36F2N6O2. The Kier molecular flexibility index (Phi) is 7.19. The van der Waals surface area contributed by atoms with Crippen LogP contribution in [0.2, 0.25) is 0 Å². The van der Waals surface area contributed by atoms with Gasteiger partial charge in [-0.15, -0.1) is 0 Å². The van der Waals surface area contributed by atoms with Crippen molar-refractivity contribution in [2.75, 3.05) is 44.7 Å². The largest absolute Gasteiger partial charge is 0.461 e. The molecule has 3 saturated heterocycles. The summed E-state index contributed by atoms with van der Waals surface area (Å²) in [4.78, 5) is 32.5. The van der Waals surface area contributed by atoms with Crippen LogP contribution in [0.4, 0.5) is 14.6 Å². The fraction of sp³-hybridized carbons (Fsp3) is 0.412. The molecule has 2 aromatic heterocycles. The summed E-state index contributed by atoms with van der Waals surface area (Å²) in [5, 5.41) is 1.85. The summed E-state index contributed by atoms with van der Waals surface area (Å²) in [7, 11) is 1.90. The summed E-state index contributed by atoms with van der Waals surface area (Å²) in [6, 6.07) is 8.64. The van der Waals surface area contributed by atoms with Crippen LogP contribution in [-0.4, -0.2) is 82.1 Å². The zero-order valence-electron chi connectivity index (χ0n) is 25.2. The summed E-state index contributed by atoms with van der Waals surface area (Å²) < 4.78 is 37.7. The van der Waals surface area contributed by atoms with Gasteiger partial charge in [0.2, 0.25) is 5.91 Å². The number of fused-ring (bicyclic) bond motifs is 3. The van der Waals surface area contributed by atoms with E-state index in [1.54, 1.807) is 30.2 Å². The van der Waals surface area contributed by atoms with Gasteiger partial charge in [0, 0.05) is 37.9 Å². The minimum atomic E-state index is -0.614. The number of likely N-dealkylation sites (tertiary alicyclic amines) is 1. The highest BCUT2D eigenvalue weighted by molar-refractivity contribution is 6.00. The van der Waals surface area contributed by atoms with Gasteiger partial charge in [-0.25, -0.2) is 8.78 Å². The second kappa shape index (κ2) is 11.1. The quantitative estimate of drug-likeness (QED) is 0.254. The highest BCUT2D eigenvalue weighted by Crippen LogP contribution is 2.40. The van der Waals surface area contributed by atoms with Gasteiger partial charge in [0.1, 0.15) is 29.5 Å². The number of likely N-dealkylation sites (N-methyl/N-ethyl adjacent to an activating group) is 1. The predicted molar refractivity (Wildman–Crippen MR) is 167 cm³/mol. The highest BCUT2D eigenvalue weighted by atomic mass is 19.1. The number of carbonyl (C=O) groups excluding carboxylic acids is 1. The molecule has 44 heavy (non-hydrogen) atoms. The lowest BCUT2D eigenvalue weighted by Crippen LogP contribution is -2.43. The van der Waals surface area contributed by atoms with Crippen LogP contribution in [0, 0.1) is 18.6 Å². The van der Waals surface area contributed by atoms with Gasteiger partial charge in [-0.2, -0.15) is 9.97 Å². The van der Waals surface area contributed by atoms with E-state index in [-0.39, 0.29) is 40.5 Å². The van der Waals surface area contributed by atoms with Gasteiger partial charge < -0.3 is 14.5 Å². The van der Waals surface area contributed by atoms with Crippen molar-refractivity contribution >= 4 is 33.4 Å². The summed E-state index contributed by atoms with van der Waals surface area (Å²) in [6.07, 6.45) is 8.02. The summed E-state index contributed by atoms with van der Waals surface area (Å²) in [6.45, 7) is 8.96. The van der Waals surface area contributed by atoms with Crippen LogP contribution in [-0.2, 0) is 4.79 Å². The number of rotatable bonds is 7. The molecule has 8 nitrogen and oxygen atoms in total. The first-order chi connectivity index (χ1) is 21.3. The van der Waals surface area contributed by atoms with E-state index >= 15 is 4.39 Å². The third kappa shape index (κ3) is 4.67. The van der Waals surface area contributed by atoms with Gasteiger partial charge in [0.25, 0.3) is 0 Å². The SMILES string of the molecule is C=CC(=O)N1CCC(N(C)c2nc(OCC34CCCN3CCC4)nc3c(F)c(-c4cccc5ccc(F)c(C)c45)ncc23)C1. The molecule has 228 valence electrons. The zero-order valence-corrected chi connectivity index (χ0v) is 25.2. The van der Waals surface area contributed by atoms with Crippen molar-refractivity contribution in [1.29, 1.82) is 0 Å². The highest BCUT2D eigenvalue weighted by Gasteiger charge is 2.45. The standard InChI is InChI=1S/C34H36F2N6O2/c1-4-27(43)41-17-12-23(19-41)40(3)32-25-18-37-30(24-9-5-8-22-10-11-26(35)21(2)28(22)24)29(36)31(25)38-33(39-32)44-20-34-13-6-15-42(34)16-7-14-34/h4-5,8-11,18,23H,1,6-7,12-17,19-20H2,2-3H3. The first kappa shape index (κ1) is 28.6. The van der Waals surface area contributed by atoms with E-state index in [1.807, 2.05) is 24.1 Å². The molecule has 0 spiro atoms. The normalized spacial score (nSPS) is 19.5. The number of aryl methyl sites for hydroxylation is 1. The average molecular weight is 599 g/mol. The molecule has 3 aliphatic rings. The zero-order chi connectivity index (χ0) is 30.6. The van der Waals surface area contributed by atoms with Crippen LogP contribution in [0.3, 0.4) is 0 Å². The first-order valence-corrected chi connectivity index (χ1v) is 15.4. The number of pyridine rings is 1. The number of hydrogen-bond donors (Lipinski definition) is 0. The third-order valence-corrected chi connectivity index (χ3v) is 9.95. The van der Waals surface area contributed by atoms with E-state index in [1.165, 1.54) is 12.1 Å². The number of carbonyl (C=O) groups is 1. The monoisotopic (exact) mass is 598 g/mol. The van der Waals surface area contributed by atoms with E-state index in [0.29, 0.717) is 47.4 Å². The molecule has 2 aromatic carbocycles. The number of ether oxygens (including phenoxy) is 1. The Bertz CT molecular complexity index is 1790. The van der Waals surface area contributed by atoms with Crippen LogP contribution in [0.1, 0.15) is 37.7 Å². The topological polar surface area (TPSA) is 74.7 Å². The van der Waals surface area contributed by atoms with E-state index < -0.39 is 5.82 Å². The van der Waals surface area contributed by atoms with Crippen LogP contribution in [0.25, 0.3) is 32.9 Å². The summed E-state index contributed by atoms with van der Waals surface area (Å²) in [5.41, 5.74) is 1.08. The molecule has 5 heterocycles. The van der Waals surface area contributed by atoms with Crippen molar-refractivity contribution in [3.63, 3.8) is 0 Å². The molecular weight excluding hydrogens is 562 g/mol. The fourth-order valence-corrected chi connectivity index (χ4v) is 7.50. The lowest BCUT2D eigenvalue weighted by Gasteiger charge is -2.31. The van der Waals surface area contributed by atoms with E-state index in [2.05, 4.69) is 21.4 Å². The predicted octanol–water partition coefficient (Wildman–Crippen LogP) is 5.66. The van der Waals surface area contributed by atoms with Gasteiger partial charge in [-0.05, 0) is 80.6 Å². The molecule has 3 fully saturated rings. The first-order valence-electron chi connectivity index (χ1n) is 15.4. The molecule has 3 aliphatic heterocycles. The molecule has 1 unspecified atom stereocenters. The Balaban J connectivity index is 1.33. The van der Waals surface area contributed by atoms with E-state index in [0.717, 1.165) is 50.6 Å². The summed E-state index contributed by atoms with van der Waals surface area (Å²) >= 11 is 0. The van der Waals surface area contributed by atoms with Crippen LogP contribution in [0.15, 0.2) is 49.2 Å². The minimum absolute atomic E-state index is 0.0338. The maximum absolute atomic E-state index is 16.7. The molecule has 0 N–H and O–H groups in total.